The third-order valence-electron chi connectivity index (χ3n) is 2.77. The summed E-state index contributed by atoms with van der Waals surface area (Å²) >= 11 is 7.68. The maximum atomic E-state index is 5.87. The third-order valence-corrected chi connectivity index (χ3v) is 3.96. The molecule has 0 bridgehead atoms. The van der Waals surface area contributed by atoms with E-state index < -0.39 is 0 Å². The van der Waals surface area contributed by atoms with Crippen molar-refractivity contribution in [1.29, 1.82) is 0 Å². The maximum Gasteiger partial charge on any atom is 0.0406 e. The Kier molecular flexibility index (Phi) is 4.60. The van der Waals surface area contributed by atoms with E-state index in [1.807, 2.05) is 23.5 Å². The van der Waals surface area contributed by atoms with Gasteiger partial charge in [0.05, 0.1) is 0 Å². The van der Waals surface area contributed by atoms with Gasteiger partial charge in [0, 0.05) is 22.5 Å². The van der Waals surface area contributed by atoms with Gasteiger partial charge in [0.1, 0.15) is 0 Å². The second-order valence-corrected chi connectivity index (χ2v) is 5.53. The quantitative estimate of drug-likeness (QED) is 0.850. The Hall–Kier alpha value is -0.830. The Morgan fingerprint density at radius 3 is 2.65 bits per heavy atom. The van der Waals surface area contributed by atoms with E-state index in [1.165, 1.54) is 10.4 Å². The number of rotatable bonds is 5. The van der Waals surface area contributed by atoms with Gasteiger partial charge in [0.2, 0.25) is 0 Å². The van der Waals surface area contributed by atoms with E-state index in [2.05, 4.69) is 41.9 Å². The highest BCUT2D eigenvalue weighted by molar-refractivity contribution is 7.09. The van der Waals surface area contributed by atoms with Crippen molar-refractivity contribution in [3.63, 3.8) is 0 Å². The predicted octanol–water partition coefficient (Wildman–Crippen LogP) is 4.29. The molecule has 3 heteroatoms. The number of hydrogen-bond donors (Lipinski definition) is 1. The van der Waals surface area contributed by atoms with Crippen LogP contribution in [-0.4, -0.2) is 6.54 Å². The summed E-state index contributed by atoms with van der Waals surface area (Å²) in [4.78, 5) is 1.43. The Balaban J connectivity index is 1.81. The molecule has 2 rings (SSSR count). The molecular formula is C14H16ClNS. The topological polar surface area (TPSA) is 12.0 Å². The first-order chi connectivity index (χ1) is 8.25. The summed E-state index contributed by atoms with van der Waals surface area (Å²) in [6, 6.07) is 12.7. The standard InChI is InChI=1S/C14H16ClNS/c1-11(12-4-6-13(15)7-5-12)16-9-8-14-3-2-10-17-14/h2-7,10-11,16H,8-9H2,1H3/t11-/m1/s1. The first-order valence-corrected chi connectivity index (χ1v) is 7.02. The molecule has 0 spiro atoms. The Labute approximate surface area is 111 Å². The molecule has 0 aliphatic carbocycles. The summed E-state index contributed by atoms with van der Waals surface area (Å²) in [6.45, 7) is 3.18. The highest BCUT2D eigenvalue weighted by Crippen LogP contribution is 2.16. The molecule has 1 heterocycles. The van der Waals surface area contributed by atoms with Gasteiger partial charge in [0.25, 0.3) is 0 Å². The molecule has 17 heavy (non-hydrogen) atoms. The van der Waals surface area contributed by atoms with Crippen LogP contribution in [0.1, 0.15) is 23.4 Å². The zero-order chi connectivity index (χ0) is 12.1. The minimum atomic E-state index is 0.368. The third kappa shape index (κ3) is 3.84. The molecule has 1 atom stereocenters. The molecule has 90 valence electrons. The van der Waals surface area contributed by atoms with Crippen LogP contribution in [0.15, 0.2) is 41.8 Å². The average Bonchev–Trinajstić information content (AvgIpc) is 2.83. The van der Waals surface area contributed by atoms with Crippen molar-refractivity contribution in [2.75, 3.05) is 6.54 Å². The van der Waals surface area contributed by atoms with Gasteiger partial charge in [-0.15, -0.1) is 11.3 Å². The molecule has 0 radical (unpaired) electrons. The smallest absolute Gasteiger partial charge is 0.0406 e. The maximum absolute atomic E-state index is 5.87. The fraction of sp³-hybridized carbons (Fsp3) is 0.286. The second-order valence-electron chi connectivity index (χ2n) is 4.06. The van der Waals surface area contributed by atoms with E-state index in [9.17, 15) is 0 Å². The summed E-state index contributed by atoms with van der Waals surface area (Å²) in [5.41, 5.74) is 1.28. The van der Waals surface area contributed by atoms with Gasteiger partial charge in [-0.05, 0) is 42.5 Å². The zero-order valence-corrected chi connectivity index (χ0v) is 11.4. The molecule has 0 amide bonds. The normalized spacial score (nSPS) is 12.6. The van der Waals surface area contributed by atoms with Crippen LogP contribution in [0.3, 0.4) is 0 Å². The molecule has 0 saturated carbocycles. The summed E-state index contributed by atoms with van der Waals surface area (Å²) in [5, 5.41) is 6.43. The van der Waals surface area contributed by atoms with Crippen molar-refractivity contribution >= 4 is 22.9 Å². The fourth-order valence-corrected chi connectivity index (χ4v) is 2.57. The lowest BCUT2D eigenvalue weighted by atomic mass is 10.1. The van der Waals surface area contributed by atoms with Crippen molar-refractivity contribution < 1.29 is 0 Å². The van der Waals surface area contributed by atoms with Crippen LogP contribution in [0, 0.1) is 0 Å². The minimum absolute atomic E-state index is 0.368. The largest absolute Gasteiger partial charge is 0.310 e. The van der Waals surface area contributed by atoms with E-state index in [0.29, 0.717) is 6.04 Å². The van der Waals surface area contributed by atoms with Crippen LogP contribution >= 0.6 is 22.9 Å². The number of benzene rings is 1. The van der Waals surface area contributed by atoms with Crippen LogP contribution in [0.5, 0.6) is 0 Å². The average molecular weight is 266 g/mol. The Morgan fingerprint density at radius 1 is 1.24 bits per heavy atom. The van der Waals surface area contributed by atoms with Gasteiger partial charge < -0.3 is 5.32 Å². The van der Waals surface area contributed by atoms with E-state index in [4.69, 9.17) is 11.6 Å². The Bertz CT molecular complexity index is 436. The van der Waals surface area contributed by atoms with E-state index in [0.717, 1.165) is 18.0 Å². The van der Waals surface area contributed by atoms with Gasteiger partial charge in [-0.1, -0.05) is 29.8 Å². The molecule has 0 saturated heterocycles. The van der Waals surface area contributed by atoms with E-state index in [-0.39, 0.29) is 0 Å². The van der Waals surface area contributed by atoms with E-state index in [1.54, 1.807) is 0 Å². The highest BCUT2D eigenvalue weighted by atomic mass is 35.5. The van der Waals surface area contributed by atoms with Gasteiger partial charge in [-0.25, -0.2) is 0 Å². The number of hydrogen-bond acceptors (Lipinski definition) is 2. The molecule has 1 aromatic carbocycles. The molecule has 0 fully saturated rings. The van der Waals surface area contributed by atoms with Crippen molar-refractivity contribution in [2.24, 2.45) is 0 Å². The van der Waals surface area contributed by atoms with Gasteiger partial charge in [0.15, 0.2) is 0 Å². The predicted molar refractivity (Wildman–Crippen MR) is 75.9 cm³/mol. The number of nitrogens with one attached hydrogen (secondary N) is 1. The molecule has 1 aromatic heterocycles. The van der Waals surface area contributed by atoms with Crippen LogP contribution in [-0.2, 0) is 6.42 Å². The number of halogens is 1. The van der Waals surface area contributed by atoms with Gasteiger partial charge in [-0.2, -0.15) is 0 Å². The van der Waals surface area contributed by atoms with Gasteiger partial charge in [-0.3, -0.25) is 0 Å². The molecule has 0 aliphatic heterocycles. The SMILES string of the molecule is C[C@@H](NCCc1cccs1)c1ccc(Cl)cc1. The fourth-order valence-electron chi connectivity index (χ4n) is 1.74. The Morgan fingerprint density at radius 2 is 2.00 bits per heavy atom. The lowest BCUT2D eigenvalue weighted by molar-refractivity contribution is 0.578. The lowest BCUT2D eigenvalue weighted by Gasteiger charge is -2.13. The first kappa shape index (κ1) is 12.6. The highest BCUT2D eigenvalue weighted by Gasteiger charge is 2.04. The van der Waals surface area contributed by atoms with Crippen LogP contribution in [0.2, 0.25) is 5.02 Å². The van der Waals surface area contributed by atoms with Crippen LogP contribution in [0.4, 0.5) is 0 Å². The summed E-state index contributed by atoms with van der Waals surface area (Å²) in [5.74, 6) is 0. The van der Waals surface area contributed by atoms with Crippen LogP contribution in [0.25, 0.3) is 0 Å². The van der Waals surface area contributed by atoms with Gasteiger partial charge >= 0.3 is 0 Å². The molecule has 0 unspecified atom stereocenters. The zero-order valence-electron chi connectivity index (χ0n) is 9.82. The molecular weight excluding hydrogens is 250 g/mol. The summed E-state index contributed by atoms with van der Waals surface area (Å²) in [6.07, 6.45) is 1.09. The summed E-state index contributed by atoms with van der Waals surface area (Å²) in [7, 11) is 0. The molecule has 2 aromatic rings. The molecule has 0 aliphatic rings. The van der Waals surface area contributed by atoms with Crippen molar-refractivity contribution in [1.82, 2.24) is 5.32 Å². The van der Waals surface area contributed by atoms with Crippen molar-refractivity contribution in [3.05, 3.63) is 57.2 Å². The first-order valence-electron chi connectivity index (χ1n) is 5.77. The minimum Gasteiger partial charge on any atom is -0.310 e. The van der Waals surface area contributed by atoms with Crippen molar-refractivity contribution in [3.8, 4) is 0 Å². The van der Waals surface area contributed by atoms with E-state index >= 15 is 0 Å². The summed E-state index contributed by atoms with van der Waals surface area (Å²) < 4.78 is 0. The molecule has 1 nitrogen and oxygen atoms in total. The monoisotopic (exact) mass is 265 g/mol. The molecule has 1 N–H and O–H groups in total. The van der Waals surface area contributed by atoms with Crippen molar-refractivity contribution in [2.45, 2.75) is 19.4 Å². The second kappa shape index (κ2) is 6.20. The number of thiophene rings is 1. The van der Waals surface area contributed by atoms with Crippen LogP contribution < -0.4 is 5.32 Å². The lowest BCUT2D eigenvalue weighted by Crippen LogP contribution is -2.21.